The molecule has 5 heteroatoms. The Kier molecular flexibility index (Phi) is 3.58. The summed E-state index contributed by atoms with van der Waals surface area (Å²) in [5, 5.41) is 20.6. The van der Waals surface area contributed by atoms with Crippen LogP contribution in [0.5, 0.6) is 0 Å². The van der Waals surface area contributed by atoms with Crippen LogP contribution in [0.25, 0.3) is 0 Å². The zero-order chi connectivity index (χ0) is 13.1. The van der Waals surface area contributed by atoms with Crippen molar-refractivity contribution in [1.29, 1.82) is 5.26 Å². The van der Waals surface area contributed by atoms with Crippen LogP contribution in [0.1, 0.15) is 24.0 Å². The number of hydrogen-bond acceptors (Lipinski definition) is 3. The summed E-state index contributed by atoms with van der Waals surface area (Å²) in [6.45, 7) is 0.250. The van der Waals surface area contributed by atoms with E-state index >= 15 is 0 Å². The molecule has 18 heavy (non-hydrogen) atoms. The number of halogens is 1. The number of carboxylic acids is 1. The van der Waals surface area contributed by atoms with E-state index in [4.69, 9.17) is 10.4 Å². The van der Waals surface area contributed by atoms with E-state index in [1.165, 1.54) is 6.07 Å². The van der Waals surface area contributed by atoms with Gasteiger partial charge in [-0.25, -0.2) is 4.39 Å². The van der Waals surface area contributed by atoms with Crippen LogP contribution in [0.3, 0.4) is 0 Å². The molecule has 1 saturated carbocycles. The van der Waals surface area contributed by atoms with E-state index in [-0.39, 0.29) is 18.0 Å². The van der Waals surface area contributed by atoms with Gasteiger partial charge in [-0.05, 0) is 42.5 Å². The van der Waals surface area contributed by atoms with Crippen molar-refractivity contribution < 1.29 is 14.3 Å². The average molecular weight is 248 g/mol. The monoisotopic (exact) mass is 248 g/mol. The molecule has 0 bridgehead atoms. The molecule has 1 aromatic carbocycles. The van der Waals surface area contributed by atoms with Gasteiger partial charge in [0, 0.05) is 6.54 Å². The Bertz CT molecular complexity index is 506. The zero-order valence-electron chi connectivity index (χ0n) is 9.69. The van der Waals surface area contributed by atoms with E-state index in [0.29, 0.717) is 5.56 Å². The summed E-state index contributed by atoms with van der Waals surface area (Å²) in [7, 11) is 0. The molecule has 1 fully saturated rings. The second-order valence-electron chi connectivity index (χ2n) is 4.49. The fourth-order valence-electron chi connectivity index (χ4n) is 1.93. The van der Waals surface area contributed by atoms with Gasteiger partial charge in [0.2, 0.25) is 0 Å². The van der Waals surface area contributed by atoms with Gasteiger partial charge in [-0.15, -0.1) is 0 Å². The maximum atomic E-state index is 13.2. The molecule has 1 unspecified atom stereocenters. The van der Waals surface area contributed by atoms with E-state index in [1.54, 1.807) is 6.07 Å². The molecule has 1 atom stereocenters. The molecule has 1 aliphatic rings. The summed E-state index contributed by atoms with van der Waals surface area (Å²) in [5.41, 5.74) is 0.823. The summed E-state index contributed by atoms with van der Waals surface area (Å²) in [6.07, 6.45) is 1.83. The lowest BCUT2D eigenvalue weighted by atomic mass is 10.1. The van der Waals surface area contributed by atoms with E-state index in [0.717, 1.165) is 18.9 Å². The van der Waals surface area contributed by atoms with Gasteiger partial charge in [-0.1, -0.05) is 0 Å². The fraction of sp³-hybridized carbons (Fsp3) is 0.385. The van der Waals surface area contributed by atoms with E-state index in [2.05, 4.69) is 5.32 Å². The first-order valence-corrected chi connectivity index (χ1v) is 5.76. The summed E-state index contributed by atoms with van der Waals surface area (Å²) < 4.78 is 13.2. The Morgan fingerprint density at radius 3 is 2.83 bits per heavy atom. The van der Waals surface area contributed by atoms with Crippen molar-refractivity contribution in [1.82, 2.24) is 5.32 Å². The molecule has 2 rings (SSSR count). The largest absolute Gasteiger partial charge is 0.480 e. The highest BCUT2D eigenvalue weighted by atomic mass is 19.1. The molecular formula is C13H13FN2O2. The lowest BCUT2D eigenvalue weighted by Crippen LogP contribution is -2.38. The van der Waals surface area contributed by atoms with Gasteiger partial charge < -0.3 is 10.4 Å². The lowest BCUT2D eigenvalue weighted by Gasteiger charge is -2.13. The first-order chi connectivity index (χ1) is 8.60. The Morgan fingerprint density at radius 1 is 1.56 bits per heavy atom. The van der Waals surface area contributed by atoms with Gasteiger partial charge in [0.15, 0.2) is 0 Å². The molecule has 0 heterocycles. The number of carbonyl (C=O) groups is 1. The maximum Gasteiger partial charge on any atom is 0.320 e. The van der Waals surface area contributed by atoms with Gasteiger partial charge >= 0.3 is 5.97 Å². The Labute approximate surface area is 104 Å². The molecule has 4 nitrogen and oxygen atoms in total. The molecule has 94 valence electrons. The lowest BCUT2D eigenvalue weighted by molar-refractivity contribution is -0.140. The highest BCUT2D eigenvalue weighted by molar-refractivity contribution is 5.74. The van der Waals surface area contributed by atoms with E-state index in [1.807, 2.05) is 6.07 Å². The SMILES string of the molecule is N#Cc1cc(F)cc(CNC(C(=O)O)C2CC2)c1. The van der Waals surface area contributed by atoms with Crippen molar-refractivity contribution in [3.63, 3.8) is 0 Å². The molecule has 1 aromatic rings. The Hall–Kier alpha value is -1.93. The third-order valence-electron chi connectivity index (χ3n) is 2.97. The van der Waals surface area contributed by atoms with Gasteiger partial charge in [-0.3, -0.25) is 4.79 Å². The van der Waals surface area contributed by atoms with Gasteiger partial charge in [0.1, 0.15) is 11.9 Å². The minimum Gasteiger partial charge on any atom is -0.480 e. The third kappa shape index (κ3) is 3.05. The summed E-state index contributed by atoms with van der Waals surface area (Å²) in [5.74, 6) is -1.19. The molecule has 0 radical (unpaired) electrons. The molecule has 2 N–H and O–H groups in total. The second-order valence-corrected chi connectivity index (χ2v) is 4.49. The van der Waals surface area contributed by atoms with Crippen LogP contribution in [-0.4, -0.2) is 17.1 Å². The molecule has 0 saturated heterocycles. The average Bonchev–Trinajstić information content (AvgIpc) is 3.12. The second kappa shape index (κ2) is 5.15. The minimum absolute atomic E-state index is 0.173. The van der Waals surface area contributed by atoms with Gasteiger partial charge in [0.25, 0.3) is 0 Å². The normalized spacial score (nSPS) is 16.0. The predicted molar refractivity (Wildman–Crippen MR) is 62.1 cm³/mol. The van der Waals surface area contributed by atoms with Crippen molar-refractivity contribution in [2.75, 3.05) is 0 Å². The van der Waals surface area contributed by atoms with Crippen LogP contribution in [-0.2, 0) is 11.3 Å². The highest BCUT2D eigenvalue weighted by Crippen LogP contribution is 2.32. The van der Waals surface area contributed by atoms with E-state index < -0.39 is 17.8 Å². The van der Waals surface area contributed by atoms with E-state index in [9.17, 15) is 9.18 Å². The number of nitriles is 1. The number of rotatable bonds is 5. The first kappa shape index (κ1) is 12.5. The highest BCUT2D eigenvalue weighted by Gasteiger charge is 2.35. The summed E-state index contributed by atoms with van der Waals surface area (Å²) >= 11 is 0. The van der Waals surface area contributed by atoms with Crippen LogP contribution in [0, 0.1) is 23.1 Å². The van der Waals surface area contributed by atoms with Crippen LogP contribution in [0.2, 0.25) is 0 Å². The fourth-order valence-corrected chi connectivity index (χ4v) is 1.93. The maximum absolute atomic E-state index is 13.2. The first-order valence-electron chi connectivity index (χ1n) is 5.76. The molecule has 0 aromatic heterocycles. The summed E-state index contributed by atoms with van der Waals surface area (Å²) in [4.78, 5) is 11.0. The van der Waals surface area contributed by atoms with Crippen molar-refractivity contribution >= 4 is 5.97 Å². The van der Waals surface area contributed by atoms with Crippen molar-refractivity contribution in [3.8, 4) is 6.07 Å². The van der Waals surface area contributed by atoms with Crippen LogP contribution >= 0.6 is 0 Å². The number of nitrogens with one attached hydrogen (secondary N) is 1. The quantitative estimate of drug-likeness (QED) is 0.831. The van der Waals surface area contributed by atoms with Crippen molar-refractivity contribution in [2.45, 2.75) is 25.4 Å². The molecule has 0 spiro atoms. The smallest absolute Gasteiger partial charge is 0.320 e. The number of aliphatic carboxylic acids is 1. The molecule has 0 aliphatic heterocycles. The number of nitrogens with zero attached hydrogens (tertiary/aromatic N) is 1. The van der Waals surface area contributed by atoms with Crippen LogP contribution in [0.4, 0.5) is 4.39 Å². The molecular weight excluding hydrogens is 235 g/mol. The van der Waals surface area contributed by atoms with Crippen molar-refractivity contribution in [2.24, 2.45) is 5.92 Å². The summed E-state index contributed by atoms with van der Waals surface area (Å²) in [6, 6.07) is 5.30. The number of hydrogen-bond donors (Lipinski definition) is 2. The van der Waals surface area contributed by atoms with Gasteiger partial charge in [-0.2, -0.15) is 5.26 Å². The van der Waals surface area contributed by atoms with Crippen LogP contribution in [0.15, 0.2) is 18.2 Å². The predicted octanol–water partition coefficient (Wildman–Crippen LogP) is 1.65. The van der Waals surface area contributed by atoms with Crippen LogP contribution < -0.4 is 5.32 Å². The number of benzene rings is 1. The number of carboxylic acid groups (broad SMARTS) is 1. The molecule has 1 aliphatic carbocycles. The zero-order valence-corrected chi connectivity index (χ0v) is 9.69. The topological polar surface area (TPSA) is 73.1 Å². The minimum atomic E-state index is -0.880. The Balaban J connectivity index is 2.03. The van der Waals surface area contributed by atoms with Crippen molar-refractivity contribution in [3.05, 3.63) is 35.1 Å². The third-order valence-corrected chi connectivity index (χ3v) is 2.97. The standard InChI is InChI=1S/C13H13FN2O2/c14-11-4-8(6-15)3-9(5-11)7-16-12(13(17)18)10-1-2-10/h3-5,10,12,16H,1-2,7H2,(H,17,18). The van der Waals surface area contributed by atoms with Gasteiger partial charge in [0.05, 0.1) is 11.6 Å². The molecule has 0 amide bonds. The Morgan fingerprint density at radius 2 is 2.28 bits per heavy atom.